The molecule has 1 aliphatic carbocycles. The molecule has 2 rings (SSSR count). The third-order valence-corrected chi connectivity index (χ3v) is 3.76. The molecule has 0 spiro atoms. The van der Waals surface area contributed by atoms with Crippen molar-refractivity contribution in [2.24, 2.45) is 5.92 Å². The van der Waals surface area contributed by atoms with Crippen LogP contribution in [0.4, 0.5) is 4.39 Å². The smallest absolute Gasteiger partial charge is 0.126 e. The molecule has 2 heteroatoms. The van der Waals surface area contributed by atoms with Gasteiger partial charge in [-0.15, -0.1) is 0 Å². The lowest BCUT2D eigenvalue weighted by Gasteiger charge is -2.10. The Bertz CT molecular complexity index is 356. The Hall–Kier alpha value is -0.890. The molecule has 1 nitrogen and oxygen atoms in total. The van der Waals surface area contributed by atoms with Crippen molar-refractivity contribution in [2.45, 2.75) is 45.6 Å². The number of halogens is 1. The van der Waals surface area contributed by atoms with Crippen molar-refractivity contribution in [3.8, 4) is 0 Å². The van der Waals surface area contributed by atoms with Gasteiger partial charge < -0.3 is 5.32 Å². The lowest BCUT2D eigenvalue weighted by Crippen LogP contribution is -2.17. The standard InChI is InChI=1S/C15H22FN/c1-12-10-14(6-7-15(12)16)11-17-9-8-13-4-2-3-5-13/h6-7,10,13,17H,2-5,8-9,11H2,1H3. The molecule has 94 valence electrons. The summed E-state index contributed by atoms with van der Waals surface area (Å²) in [6.45, 7) is 3.76. The molecule has 0 atom stereocenters. The quantitative estimate of drug-likeness (QED) is 0.765. The number of benzene rings is 1. The number of rotatable bonds is 5. The van der Waals surface area contributed by atoms with E-state index in [0.29, 0.717) is 0 Å². The summed E-state index contributed by atoms with van der Waals surface area (Å²) in [5.41, 5.74) is 1.91. The summed E-state index contributed by atoms with van der Waals surface area (Å²) in [4.78, 5) is 0. The summed E-state index contributed by atoms with van der Waals surface area (Å²) in [6.07, 6.45) is 6.96. The van der Waals surface area contributed by atoms with Gasteiger partial charge in [-0.25, -0.2) is 4.39 Å². The van der Waals surface area contributed by atoms with Crippen LogP contribution in [-0.4, -0.2) is 6.54 Å². The van der Waals surface area contributed by atoms with Crippen molar-refractivity contribution in [1.82, 2.24) is 5.32 Å². The average Bonchev–Trinajstić information content (AvgIpc) is 2.82. The molecule has 0 amide bonds. The topological polar surface area (TPSA) is 12.0 Å². The van der Waals surface area contributed by atoms with Crippen LogP contribution in [0.5, 0.6) is 0 Å². The number of hydrogen-bond acceptors (Lipinski definition) is 1. The molecule has 0 aliphatic heterocycles. The van der Waals surface area contributed by atoms with Gasteiger partial charge in [0.1, 0.15) is 5.82 Å². The van der Waals surface area contributed by atoms with Crippen molar-refractivity contribution < 1.29 is 4.39 Å². The van der Waals surface area contributed by atoms with Crippen LogP contribution in [-0.2, 0) is 6.54 Å². The highest BCUT2D eigenvalue weighted by atomic mass is 19.1. The molecular formula is C15H22FN. The maximum atomic E-state index is 13.1. The second kappa shape index (κ2) is 6.15. The highest BCUT2D eigenvalue weighted by Crippen LogP contribution is 2.26. The van der Waals surface area contributed by atoms with E-state index in [4.69, 9.17) is 0 Å². The molecule has 0 bridgehead atoms. The Morgan fingerprint density at radius 3 is 2.76 bits per heavy atom. The van der Waals surface area contributed by atoms with E-state index in [0.717, 1.165) is 24.6 Å². The van der Waals surface area contributed by atoms with E-state index in [2.05, 4.69) is 5.32 Å². The molecule has 0 aromatic heterocycles. The maximum Gasteiger partial charge on any atom is 0.126 e. The van der Waals surface area contributed by atoms with Gasteiger partial charge >= 0.3 is 0 Å². The summed E-state index contributed by atoms with van der Waals surface area (Å²) in [6, 6.07) is 5.35. The largest absolute Gasteiger partial charge is 0.313 e. The minimum Gasteiger partial charge on any atom is -0.313 e. The molecule has 1 aromatic carbocycles. The first-order chi connectivity index (χ1) is 8.25. The van der Waals surface area contributed by atoms with E-state index >= 15 is 0 Å². The fraction of sp³-hybridized carbons (Fsp3) is 0.600. The Balaban J connectivity index is 1.68. The molecular weight excluding hydrogens is 213 g/mol. The third kappa shape index (κ3) is 3.81. The van der Waals surface area contributed by atoms with E-state index in [1.807, 2.05) is 19.1 Å². The monoisotopic (exact) mass is 235 g/mol. The van der Waals surface area contributed by atoms with Crippen LogP contribution in [0.1, 0.15) is 43.2 Å². The lowest BCUT2D eigenvalue weighted by molar-refractivity contribution is 0.477. The van der Waals surface area contributed by atoms with Gasteiger partial charge in [0.25, 0.3) is 0 Å². The van der Waals surface area contributed by atoms with Gasteiger partial charge in [0, 0.05) is 6.54 Å². The second-order valence-electron chi connectivity index (χ2n) is 5.20. The van der Waals surface area contributed by atoms with Crippen LogP contribution in [0.2, 0.25) is 0 Å². The van der Waals surface area contributed by atoms with E-state index in [-0.39, 0.29) is 5.82 Å². The van der Waals surface area contributed by atoms with Crippen LogP contribution in [0.3, 0.4) is 0 Å². The second-order valence-corrected chi connectivity index (χ2v) is 5.20. The summed E-state index contributed by atoms with van der Waals surface area (Å²) in [5.74, 6) is 0.831. The van der Waals surface area contributed by atoms with Gasteiger partial charge in [-0.3, -0.25) is 0 Å². The average molecular weight is 235 g/mol. The number of aryl methyl sites for hydroxylation is 1. The molecule has 0 radical (unpaired) electrons. The first kappa shape index (κ1) is 12.6. The Morgan fingerprint density at radius 2 is 2.06 bits per heavy atom. The zero-order valence-electron chi connectivity index (χ0n) is 10.6. The zero-order chi connectivity index (χ0) is 12.1. The summed E-state index contributed by atoms with van der Waals surface area (Å²) < 4.78 is 13.1. The van der Waals surface area contributed by atoms with Crippen molar-refractivity contribution in [3.05, 3.63) is 35.1 Å². The highest BCUT2D eigenvalue weighted by Gasteiger charge is 2.13. The predicted octanol–water partition coefficient (Wildman–Crippen LogP) is 3.80. The van der Waals surface area contributed by atoms with Crippen molar-refractivity contribution in [2.75, 3.05) is 6.54 Å². The fourth-order valence-corrected chi connectivity index (χ4v) is 2.65. The maximum absolute atomic E-state index is 13.1. The van der Waals surface area contributed by atoms with Crippen LogP contribution >= 0.6 is 0 Å². The third-order valence-electron chi connectivity index (χ3n) is 3.76. The summed E-state index contributed by atoms with van der Waals surface area (Å²) in [7, 11) is 0. The first-order valence-corrected chi connectivity index (χ1v) is 6.71. The molecule has 1 fully saturated rings. The van der Waals surface area contributed by atoms with Gasteiger partial charge in [-0.2, -0.15) is 0 Å². The molecule has 0 heterocycles. The molecule has 1 saturated carbocycles. The van der Waals surface area contributed by atoms with Crippen LogP contribution in [0.25, 0.3) is 0 Å². The summed E-state index contributed by atoms with van der Waals surface area (Å²) in [5, 5.41) is 3.45. The zero-order valence-corrected chi connectivity index (χ0v) is 10.6. The molecule has 1 aliphatic rings. The van der Waals surface area contributed by atoms with Gasteiger partial charge in [0.15, 0.2) is 0 Å². The van der Waals surface area contributed by atoms with Crippen molar-refractivity contribution in [1.29, 1.82) is 0 Å². The van der Waals surface area contributed by atoms with Crippen LogP contribution in [0, 0.1) is 18.7 Å². The van der Waals surface area contributed by atoms with E-state index < -0.39 is 0 Å². The lowest BCUT2D eigenvalue weighted by atomic mass is 10.0. The highest BCUT2D eigenvalue weighted by molar-refractivity contribution is 5.23. The fourth-order valence-electron chi connectivity index (χ4n) is 2.65. The van der Waals surface area contributed by atoms with E-state index in [1.165, 1.54) is 37.7 Å². The Kier molecular flexibility index (Phi) is 4.55. The Labute approximate surface area is 103 Å². The van der Waals surface area contributed by atoms with Gasteiger partial charge in [-0.05, 0) is 43.0 Å². The molecule has 17 heavy (non-hydrogen) atoms. The van der Waals surface area contributed by atoms with Crippen molar-refractivity contribution in [3.63, 3.8) is 0 Å². The van der Waals surface area contributed by atoms with Gasteiger partial charge in [0.05, 0.1) is 0 Å². The number of nitrogens with one attached hydrogen (secondary N) is 1. The summed E-state index contributed by atoms with van der Waals surface area (Å²) >= 11 is 0. The minimum atomic E-state index is -0.111. The Morgan fingerprint density at radius 1 is 1.29 bits per heavy atom. The molecule has 1 N–H and O–H groups in total. The SMILES string of the molecule is Cc1cc(CNCCC2CCCC2)ccc1F. The molecule has 1 aromatic rings. The minimum absolute atomic E-state index is 0.111. The predicted molar refractivity (Wildman–Crippen MR) is 69.4 cm³/mol. The molecule has 0 unspecified atom stereocenters. The first-order valence-electron chi connectivity index (χ1n) is 6.71. The van der Waals surface area contributed by atoms with Crippen LogP contribution in [0.15, 0.2) is 18.2 Å². The van der Waals surface area contributed by atoms with Crippen molar-refractivity contribution >= 4 is 0 Å². The van der Waals surface area contributed by atoms with Gasteiger partial charge in [0.2, 0.25) is 0 Å². The normalized spacial score (nSPS) is 16.6. The van der Waals surface area contributed by atoms with E-state index in [1.54, 1.807) is 6.07 Å². The van der Waals surface area contributed by atoms with Crippen LogP contribution < -0.4 is 5.32 Å². The molecule has 0 saturated heterocycles. The number of hydrogen-bond donors (Lipinski definition) is 1. The van der Waals surface area contributed by atoms with Gasteiger partial charge in [-0.1, -0.05) is 37.8 Å². The van der Waals surface area contributed by atoms with E-state index in [9.17, 15) is 4.39 Å².